The zero-order chi connectivity index (χ0) is 21.5. The second kappa shape index (κ2) is 7.83. The lowest BCUT2D eigenvalue weighted by molar-refractivity contribution is 0.169. The van der Waals surface area contributed by atoms with Gasteiger partial charge in [-0.25, -0.2) is 9.97 Å². The van der Waals surface area contributed by atoms with E-state index in [-0.39, 0.29) is 0 Å². The van der Waals surface area contributed by atoms with Gasteiger partial charge in [0, 0.05) is 28.6 Å². The molecule has 1 unspecified atom stereocenters. The van der Waals surface area contributed by atoms with E-state index in [0.717, 1.165) is 44.0 Å². The standard InChI is InChI=1S/C24H23N3O3S/c1-14-4-6-15(7-5-14)17-12-31-24-22(17)23(25-13-26-24)27-10-16-19(29-2)8-9-20(30-3)21(16)18(28)11-27/h4-9,12-13,18,28H,10-11H2,1-3H3. The highest BCUT2D eigenvalue weighted by atomic mass is 32.1. The lowest BCUT2D eigenvalue weighted by Crippen LogP contribution is -2.35. The molecule has 1 aliphatic rings. The summed E-state index contributed by atoms with van der Waals surface area (Å²) in [5.74, 6) is 2.22. The van der Waals surface area contributed by atoms with Crippen molar-refractivity contribution in [1.82, 2.24) is 9.97 Å². The molecule has 6 nitrogen and oxygen atoms in total. The molecule has 0 saturated carbocycles. The van der Waals surface area contributed by atoms with Gasteiger partial charge in [-0.1, -0.05) is 29.8 Å². The van der Waals surface area contributed by atoms with E-state index in [1.807, 2.05) is 12.1 Å². The van der Waals surface area contributed by atoms with Crippen molar-refractivity contribution < 1.29 is 14.6 Å². The molecule has 5 rings (SSSR count). The second-order valence-corrected chi connectivity index (χ2v) is 8.51. The smallest absolute Gasteiger partial charge is 0.141 e. The van der Waals surface area contributed by atoms with E-state index in [4.69, 9.17) is 9.47 Å². The number of β-amino-alcohol motifs (C(OH)–C–C–N with tert-alkyl or cyclic N) is 1. The van der Waals surface area contributed by atoms with Crippen molar-refractivity contribution in [2.75, 3.05) is 25.7 Å². The Balaban J connectivity index is 1.64. The van der Waals surface area contributed by atoms with E-state index in [2.05, 4.69) is 51.4 Å². The number of methoxy groups -OCH3 is 2. The molecule has 3 heterocycles. The Kier molecular flexibility index (Phi) is 5.00. The third kappa shape index (κ3) is 3.30. The Morgan fingerprint density at radius 1 is 1.03 bits per heavy atom. The average Bonchev–Trinajstić information content (AvgIpc) is 3.23. The number of aliphatic hydroxyl groups is 1. The summed E-state index contributed by atoms with van der Waals surface area (Å²) in [6.07, 6.45) is 0.873. The lowest BCUT2D eigenvalue weighted by atomic mass is 9.94. The molecule has 0 fully saturated rings. The van der Waals surface area contributed by atoms with Gasteiger partial charge in [-0.3, -0.25) is 0 Å². The molecule has 0 radical (unpaired) electrons. The van der Waals surface area contributed by atoms with E-state index in [1.165, 1.54) is 5.56 Å². The summed E-state index contributed by atoms with van der Waals surface area (Å²) in [6.45, 7) is 3.05. The van der Waals surface area contributed by atoms with Crippen molar-refractivity contribution in [2.45, 2.75) is 19.6 Å². The van der Waals surface area contributed by atoms with Crippen LogP contribution in [-0.2, 0) is 6.54 Å². The zero-order valence-electron chi connectivity index (χ0n) is 17.6. The Morgan fingerprint density at radius 3 is 2.52 bits per heavy atom. The topological polar surface area (TPSA) is 67.7 Å². The van der Waals surface area contributed by atoms with Crippen LogP contribution in [0.5, 0.6) is 11.5 Å². The number of aromatic nitrogens is 2. The largest absolute Gasteiger partial charge is 0.496 e. The predicted octanol–water partition coefficient (Wildman–Crippen LogP) is 4.74. The first-order valence-electron chi connectivity index (χ1n) is 10.1. The molecule has 2 aromatic carbocycles. The monoisotopic (exact) mass is 433 g/mol. The summed E-state index contributed by atoms with van der Waals surface area (Å²) in [6, 6.07) is 12.2. The van der Waals surface area contributed by atoms with E-state index in [1.54, 1.807) is 31.9 Å². The number of fused-ring (bicyclic) bond motifs is 2. The molecule has 1 aliphatic heterocycles. The maximum atomic E-state index is 11.0. The number of hydrogen-bond acceptors (Lipinski definition) is 7. The summed E-state index contributed by atoms with van der Waals surface area (Å²) in [5, 5.41) is 14.2. The lowest BCUT2D eigenvalue weighted by Gasteiger charge is -2.35. The van der Waals surface area contributed by atoms with Gasteiger partial charge < -0.3 is 19.5 Å². The van der Waals surface area contributed by atoms with E-state index in [9.17, 15) is 5.11 Å². The first-order valence-corrected chi connectivity index (χ1v) is 10.9. The van der Waals surface area contributed by atoms with Crippen LogP contribution < -0.4 is 14.4 Å². The number of anilines is 1. The van der Waals surface area contributed by atoms with E-state index in [0.29, 0.717) is 18.8 Å². The van der Waals surface area contributed by atoms with Crippen molar-refractivity contribution in [1.29, 1.82) is 0 Å². The highest BCUT2D eigenvalue weighted by molar-refractivity contribution is 7.17. The van der Waals surface area contributed by atoms with Gasteiger partial charge in [0.05, 0.1) is 26.2 Å². The van der Waals surface area contributed by atoms with Crippen molar-refractivity contribution >= 4 is 27.4 Å². The fraction of sp³-hybridized carbons (Fsp3) is 0.250. The first kappa shape index (κ1) is 19.8. The molecular weight excluding hydrogens is 410 g/mol. The number of benzene rings is 2. The number of rotatable bonds is 4. The van der Waals surface area contributed by atoms with Crippen molar-refractivity contribution in [2.24, 2.45) is 0 Å². The molecule has 0 amide bonds. The average molecular weight is 434 g/mol. The minimum Gasteiger partial charge on any atom is -0.496 e. The number of ether oxygens (including phenoxy) is 2. The van der Waals surface area contributed by atoms with Crippen molar-refractivity contribution in [3.8, 4) is 22.6 Å². The summed E-state index contributed by atoms with van der Waals surface area (Å²) in [5.41, 5.74) is 5.15. The minimum atomic E-state index is -0.722. The summed E-state index contributed by atoms with van der Waals surface area (Å²) < 4.78 is 11.1. The quantitative estimate of drug-likeness (QED) is 0.502. The number of aryl methyl sites for hydroxylation is 1. The van der Waals surface area contributed by atoms with Crippen LogP contribution in [0.25, 0.3) is 21.3 Å². The summed E-state index contributed by atoms with van der Waals surface area (Å²) >= 11 is 1.61. The van der Waals surface area contributed by atoms with Crippen molar-refractivity contribution in [3.05, 3.63) is 64.8 Å². The van der Waals surface area contributed by atoms with Crippen LogP contribution in [0.2, 0.25) is 0 Å². The fourth-order valence-corrected chi connectivity index (χ4v) is 5.19. The Labute approximate surface area is 184 Å². The van der Waals surface area contributed by atoms with Gasteiger partial charge in [-0.15, -0.1) is 11.3 Å². The molecule has 4 aromatic rings. The fourth-order valence-electron chi connectivity index (χ4n) is 4.28. The molecule has 0 bridgehead atoms. The molecule has 1 N–H and O–H groups in total. The highest BCUT2D eigenvalue weighted by Gasteiger charge is 2.31. The molecule has 158 valence electrons. The molecule has 0 spiro atoms. The predicted molar refractivity (Wildman–Crippen MR) is 123 cm³/mol. The second-order valence-electron chi connectivity index (χ2n) is 7.65. The van der Waals surface area contributed by atoms with Gasteiger partial charge in [0.25, 0.3) is 0 Å². The first-order chi connectivity index (χ1) is 15.1. The molecule has 2 aromatic heterocycles. The van der Waals surface area contributed by atoms with Gasteiger partial charge in [-0.05, 0) is 24.6 Å². The van der Waals surface area contributed by atoms with Crippen LogP contribution in [0, 0.1) is 6.92 Å². The summed E-state index contributed by atoms with van der Waals surface area (Å²) in [4.78, 5) is 12.2. The van der Waals surface area contributed by atoms with Crippen LogP contribution in [0.1, 0.15) is 22.8 Å². The van der Waals surface area contributed by atoms with Crippen LogP contribution in [0.15, 0.2) is 48.1 Å². The number of thiophene rings is 1. The normalized spacial score (nSPS) is 15.7. The third-order valence-electron chi connectivity index (χ3n) is 5.80. The van der Waals surface area contributed by atoms with Gasteiger partial charge in [0.2, 0.25) is 0 Å². The van der Waals surface area contributed by atoms with E-state index >= 15 is 0 Å². The SMILES string of the molecule is COc1ccc(OC)c2c1CN(c1ncnc3scc(-c4ccc(C)cc4)c13)CC2O. The molecule has 0 aliphatic carbocycles. The number of hydrogen-bond donors (Lipinski definition) is 1. The van der Waals surface area contributed by atoms with Crippen molar-refractivity contribution in [3.63, 3.8) is 0 Å². The van der Waals surface area contributed by atoms with Gasteiger partial charge in [-0.2, -0.15) is 0 Å². The third-order valence-corrected chi connectivity index (χ3v) is 6.69. The molecule has 31 heavy (non-hydrogen) atoms. The van der Waals surface area contributed by atoms with Gasteiger partial charge in [0.1, 0.15) is 34.6 Å². The minimum absolute atomic E-state index is 0.409. The maximum Gasteiger partial charge on any atom is 0.141 e. The van der Waals surface area contributed by atoms with E-state index < -0.39 is 6.10 Å². The van der Waals surface area contributed by atoms with Crippen LogP contribution >= 0.6 is 11.3 Å². The Bertz CT molecular complexity index is 1250. The van der Waals surface area contributed by atoms with Crippen LogP contribution in [0.3, 0.4) is 0 Å². The zero-order valence-corrected chi connectivity index (χ0v) is 18.4. The maximum absolute atomic E-state index is 11.0. The molecule has 1 atom stereocenters. The Morgan fingerprint density at radius 2 is 1.77 bits per heavy atom. The molecule has 0 saturated heterocycles. The van der Waals surface area contributed by atoms with Gasteiger partial charge >= 0.3 is 0 Å². The highest BCUT2D eigenvalue weighted by Crippen LogP contribution is 2.43. The number of aliphatic hydroxyl groups excluding tert-OH is 1. The molecular formula is C24H23N3O3S. The Hall–Kier alpha value is -3.16. The van der Waals surface area contributed by atoms with Crippen LogP contribution in [-0.4, -0.2) is 35.8 Å². The van der Waals surface area contributed by atoms with Gasteiger partial charge in [0.15, 0.2) is 0 Å². The number of nitrogens with zero attached hydrogens (tertiary/aromatic N) is 3. The molecule has 7 heteroatoms. The van der Waals surface area contributed by atoms with Crippen LogP contribution in [0.4, 0.5) is 5.82 Å². The summed E-state index contributed by atoms with van der Waals surface area (Å²) in [7, 11) is 3.26.